The fraction of sp³-hybridized carbons (Fsp3) is 0.300. The van der Waals surface area contributed by atoms with Gasteiger partial charge in [-0.25, -0.2) is 0 Å². The largest absolute Gasteiger partial charge is 0.493 e. The van der Waals surface area contributed by atoms with Crippen molar-refractivity contribution in [2.75, 3.05) is 13.7 Å². The Kier molecular flexibility index (Phi) is 3.31. The van der Waals surface area contributed by atoms with Crippen molar-refractivity contribution in [3.8, 4) is 11.5 Å². The first-order chi connectivity index (χ1) is 6.27. The molecule has 0 atom stereocenters. The van der Waals surface area contributed by atoms with Gasteiger partial charge >= 0.3 is 0 Å². The maximum Gasteiger partial charge on any atom is 0.161 e. The predicted molar refractivity (Wildman–Crippen MR) is 49.3 cm³/mol. The zero-order valence-electron chi connectivity index (χ0n) is 7.74. The number of benzene rings is 1. The van der Waals surface area contributed by atoms with Gasteiger partial charge in [-0.3, -0.25) is 4.79 Å². The molecule has 1 rings (SSSR count). The number of carbonyl (C=O) groups is 1. The number of aldehydes is 1. The molecule has 0 unspecified atom stereocenters. The van der Waals surface area contributed by atoms with Gasteiger partial charge in [-0.15, -0.1) is 0 Å². The van der Waals surface area contributed by atoms with Crippen molar-refractivity contribution < 1.29 is 14.3 Å². The lowest BCUT2D eigenvalue weighted by atomic mass is 10.2. The van der Waals surface area contributed by atoms with Crippen molar-refractivity contribution in [2.45, 2.75) is 6.92 Å². The molecule has 0 aliphatic heterocycles. The van der Waals surface area contributed by atoms with Crippen LogP contribution in [0.5, 0.6) is 11.5 Å². The summed E-state index contributed by atoms with van der Waals surface area (Å²) in [5.41, 5.74) is 1.09. The molecule has 0 aromatic heterocycles. The zero-order chi connectivity index (χ0) is 9.68. The fourth-order valence-electron chi connectivity index (χ4n) is 1.02. The Bertz CT molecular complexity index is 294. The molecule has 3 nitrogen and oxygen atoms in total. The number of aryl methyl sites for hydroxylation is 1. The van der Waals surface area contributed by atoms with Crippen LogP contribution in [0.15, 0.2) is 18.2 Å². The van der Waals surface area contributed by atoms with E-state index in [9.17, 15) is 4.79 Å². The van der Waals surface area contributed by atoms with Crippen molar-refractivity contribution in [3.63, 3.8) is 0 Å². The second-order valence-corrected chi connectivity index (χ2v) is 2.63. The molecule has 13 heavy (non-hydrogen) atoms. The summed E-state index contributed by atoms with van der Waals surface area (Å²) < 4.78 is 10.2. The number of hydrogen-bond donors (Lipinski definition) is 0. The van der Waals surface area contributed by atoms with Crippen molar-refractivity contribution in [2.24, 2.45) is 0 Å². The van der Waals surface area contributed by atoms with Gasteiger partial charge in [0, 0.05) is 0 Å². The van der Waals surface area contributed by atoms with Crippen molar-refractivity contribution in [1.82, 2.24) is 0 Å². The third-order valence-corrected chi connectivity index (χ3v) is 1.63. The summed E-state index contributed by atoms with van der Waals surface area (Å²) in [5, 5.41) is 0. The molecule has 0 N–H and O–H groups in total. The lowest BCUT2D eigenvalue weighted by Gasteiger charge is -2.08. The number of methoxy groups -OCH3 is 1. The molecule has 0 aliphatic rings. The van der Waals surface area contributed by atoms with Crippen LogP contribution in [0.4, 0.5) is 0 Å². The monoisotopic (exact) mass is 180 g/mol. The van der Waals surface area contributed by atoms with E-state index in [1.54, 1.807) is 13.2 Å². The van der Waals surface area contributed by atoms with Crippen LogP contribution in [0.1, 0.15) is 5.56 Å². The Labute approximate surface area is 77.3 Å². The van der Waals surface area contributed by atoms with Crippen molar-refractivity contribution in [1.29, 1.82) is 0 Å². The lowest BCUT2D eigenvalue weighted by molar-refractivity contribution is -0.109. The number of ether oxygens (including phenoxy) is 2. The minimum atomic E-state index is 0.0550. The van der Waals surface area contributed by atoms with E-state index in [2.05, 4.69) is 0 Å². The van der Waals surface area contributed by atoms with Crippen molar-refractivity contribution >= 4 is 6.29 Å². The minimum absolute atomic E-state index is 0.0550. The molecule has 0 aliphatic carbocycles. The van der Waals surface area contributed by atoms with Gasteiger partial charge in [-0.05, 0) is 24.6 Å². The van der Waals surface area contributed by atoms with Gasteiger partial charge in [0.1, 0.15) is 6.61 Å². The summed E-state index contributed by atoms with van der Waals surface area (Å²) >= 11 is 0. The first-order valence-electron chi connectivity index (χ1n) is 3.99. The van der Waals surface area contributed by atoms with Crippen LogP contribution in [0.25, 0.3) is 0 Å². The highest BCUT2D eigenvalue weighted by atomic mass is 16.5. The van der Waals surface area contributed by atoms with E-state index >= 15 is 0 Å². The van der Waals surface area contributed by atoms with E-state index in [-0.39, 0.29) is 6.61 Å². The van der Waals surface area contributed by atoms with Gasteiger partial charge in [0.2, 0.25) is 0 Å². The van der Waals surface area contributed by atoms with Gasteiger partial charge in [0.25, 0.3) is 0 Å². The van der Waals surface area contributed by atoms with Gasteiger partial charge in [0.05, 0.1) is 7.11 Å². The summed E-state index contributed by atoms with van der Waals surface area (Å²) in [4.78, 5) is 10.1. The fourth-order valence-corrected chi connectivity index (χ4v) is 1.02. The SMILES string of the molecule is COc1cc(C)ccc1OCC=O. The molecule has 0 bridgehead atoms. The van der Waals surface area contributed by atoms with Gasteiger partial charge in [-0.2, -0.15) is 0 Å². The van der Waals surface area contributed by atoms with E-state index in [0.717, 1.165) is 5.56 Å². The maximum absolute atomic E-state index is 10.1. The van der Waals surface area contributed by atoms with Crippen LogP contribution < -0.4 is 9.47 Å². The Morgan fingerprint density at radius 3 is 2.77 bits per heavy atom. The van der Waals surface area contributed by atoms with Crippen LogP contribution in [-0.4, -0.2) is 20.0 Å². The smallest absolute Gasteiger partial charge is 0.161 e. The summed E-state index contributed by atoms with van der Waals surface area (Å²) in [6, 6.07) is 5.56. The van der Waals surface area contributed by atoms with Crippen molar-refractivity contribution in [3.05, 3.63) is 23.8 Å². The van der Waals surface area contributed by atoms with E-state index in [1.165, 1.54) is 0 Å². The molecule has 0 amide bonds. The molecule has 1 aromatic rings. The van der Waals surface area contributed by atoms with Gasteiger partial charge in [-0.1, -0.05) is 6.07 Å². The molecule has 0 saturated heterocycles. The van der Waals surface area contributed by atoms with Crippen LogP contribution >= 0.6 is 0 Å². The summed E-state index contributed by atoms with van der Waals surface area (Å²) in [6.45, 7) is 2.02. The Balaban J connectivity index is 2.85. The van der Waals surface area contributed by atoms with Gasteiger partial charge in [0.15, 0.2) is 17.8 Å². The second-order valence-electron chi connectivity index (χ2n) is 2.63. The molecular weight excluding hydrogens is 168 g/mol. The number of hydrogen-bond acceptors (Lipinski definition) is 3. The molecule has 70 valence electrons. The number of rotatable bonds is 4. The molecule has 1 aromatic carbocycles. The van der Waals surface area contributed by atoms with E-state index in [1.807, 2.05) is 19.1 Å². The van der Waals surface area contributed by atoms with E-state index < -0.39 is 0 Å². The Hall–Kier alpha value is -1.51. The third kappa shape index (κ3) is 2.47. The standard InChI is InChI=1S/C10H12O3/c1-8-3-4-9(13-6-5-11)10(7-8)12-2/h3-5,7H,6H2,1-2H3. The highest BCUT2D eigenvalue weighted by molar-refractivity contribution is 5.52. The van der Waals surface area contributed by atoms with Crippen LogP contribution in [0.2, 0.25) is 0 Å². The predicted octanol–water partition coefficient (Wildman–Crippen LogP) is 1.58. The first kappa shape index (κ1) is 9.58. The molecule has 0 saturated carbocycles. The molecule has 0 fully saturated rings. The molecule has 0 spiro atoms. The quantitative estimate of drug-likeness (QED) is 0.660. The summed E-state index contributed by atoms with van der Waals surface area (Å²) in [6.07, 6.45) is 0.708. The third-order valence-electron chi connectivity index (χ3n) is 1.63. The molecule has 0 heterocycles. The Morgan fingerprint density at radius 2 is 2.15 bits per heavy atom. The molecule has 3 heteroatoms. The summed E-state index contributed by atoms with van der Waals surface area (Å²) in [5.74, 6) is 1.25. The Morgan fingerprint density at radius 1 is 1.38 bits per heavy atom. The minimum Gasteiger partial charge on any atom is -0.493 e. The van der Waals surface area contributed by atoms with Crippen LogP contribution in [-0.2, 0) is 4.79 Å². The topological polar surface area (TPSA) is 35.5 Å². The van der Waals surface area contributed by atoms with Gasteiger partial charge < -0.3 is 9.47 Å². The average molecular weight is 180 g/mol. The van der Waals surface area contributed by atoms with Crippen LogP contribution in [0.3, 0.4) is 0 Å². The summed E-state index contributed by atoms with van der Waals surface area (Å²) in [7, 11) is 1.57. The maximum atomic E-state index is 10.1. The second kappa shape index (κ2) is 4.50. The zero-order valence-corrected chi connectivity index (χ0v) is 7.74. The highest BCUT2D eigenvalue weighted by Crippen LogP contribution is 2.27. The molecule has 0 radical (unpaired) electrons. The van der Waals surface area contributed by atoms with E-state index in [4.69, 9.17) is 9.47 Å². The average Bonchev–Trinajstić information content (AvgIpc) is 2.16. The normalized spacial score (nSPS) is 9.38. The van der Waals surface area contributed by atoms with E-state index in [0.29, 0.717) is 17.8 Å². The molecular formula is C10H12O3. The van der Waals surface area contributed by atoms with Crippen LogP contribution in [0, 0.1) is 6.92 Å². The number of carbonyl (C=O) groups excluding carboxylic acids is 1. The first-order valence-corrected chi connectivity index (χ1v) is 3.99. The lowest BCUT2D eigenvalue weighted by Crippen LogP contribution is -1.99. The highest BCUT2D eigenvalue weighted by Gasteiger charge is 2.02.